The van der Waals surface area contributed by atoms with Crippen LogP contribution in [0, 0.1) is 19.7 Å². The predicted molar refractivity (Wildman–Crippen MR) is 144 cm³/mol. The molecular weight excluding hydrogens is 542 g/mol. The van der Waals surface area contributed by atoms with Crippen molar-refractivity contribution in [2.45, 2.75) is 20.0 Å². The molecule has 0 fully saturated rings. The van der Waals surface area contributed by atoms with Gasteiger partial charge in [0.25, 0.3) is 0 Å². The van der Waals surface area contributed by atoms with E-state index < -0.39 is 35.2 Å². The predicted octanol–water partition coefficient (Wildman–Crippen LogP) is 8.60. The molecule has 5 aromatic rings. The van der Waals surface area contributed by atoms with E-state index in [4.69, 9.17) is 5.11 Å². The van der Waals surface area contributed by atoms with Gasteiger partial charge in [0.2, 0.25) is 5.88 Å². The van der Waals surface area contributed by atoms with Crippen LogP contribution in [0.5, 0.6) is 11.6 Å². The van der Waals surface area contributed by atoms with Crippen LogP contribution < -0.4 is 0 Å². The molecule has 4 aromatic carbocycles. The van der Waals surface area contributed by atoms with Crippen LogP contribution in [0.4, 0.5) is 28.9 Å². The quantitative estimate of drug-likeness (QED) is 0.147. The van der Waals surface area contributed by atoms with Gasteiger partial charge in [0, 0.05) is 22.2 Å². The fourth-order valence-corrected chi connectivity index (χ4v) is 4.46. The number of hydrogen-bond donors (Lipinski definition) is 3. The lowest BCUT2D eigenvalue weighted by Crippen LogP contribution is -2.05. The highest BCUT2D eigenvalue weighted by atomic mass is 19.4. The van der Waals surface area contributed by atoms with E-state index in [1.54, 1.807) is 18.2 Å². The Labute approximate surface area is 230 Å². The number of carboxylic acid groups (broad SMARTS) is 1. The minimum absolute atomic E-state index is 0.00693. The second kappa shape index (κ2) is 10.1. The summed E-state index contributed by atoms with van der Waals surface area (Å²) in [5.41, 5.74) is 0.703. The highest BCUT2D eigenvalue weighted by Gasteiger charge is 2.32. The van der Waals surface area contributed by atoms with Gasteiger partial charge in [-0.25, -0.2) is 9.18 Å². The lowest BCUT2D eigenvalue weighted by atomic mass is 10.0. The Morgan fingerprint density at radius 3 is 2.27 bits per heavy atom. The summed E-state index contributed by atoms with van der Waals surface area (Å²) in [6.45, 7) is 3.71. The molecule has 0 radical (unpaired) electrons. The maximum Gasteiger partial charge on any atom is 0.416 e. The molecule has 41 heavy (non-hydrogen) atoms. The van der Waals surface area contributed by atoms with Crippen LogP contribution in [0.25, 0.3) is 27.7 Å². The van der Waals surface area contributed by atoms with Gasteiger partial charge in [0.05, 0.1) is 16.6 Å². The standard InChI is InChI=1S/C30H21F4N3O4/c1-15-6-9-19(12-16(15)2)37-25-14-18(30(32,33)34)8-11-22(25)26(28(37)39)36-35-24-5-3-4-21(27(24)38)20-10-7-17(29(40)41)13-23(20)31/h3-14,38-39H,1-2H3,(H,40,41). The summed E-state index contributed by atoms with van der Waals surface area (Å²) in [5.74, 6) is -3.15. The SMILES string of the molecule is Cc1ccc(-n2c(O)c(N=Nc3cccc(-c4ccc(C(=O)O)cc4F)c3O)c3ccc(C(F)(F)F)cc32)cc1C. The van der Waals surface area contributed by atoms with E-state index in [0.29, 0.717) is 5.69 Å². The first-order valence-electron chi connectivity index (χ1n) is 12.2. The van der Waals surface area contributed by atoms with Crippen LogP contribution >= 0.6 is 0 Å². The normalized spacial score (nSPS) is 12.0. The summed E-state index contributed by atoms with van der Waals surface area (Å²) < 4.78 is 56.6. The number of azo groups is 1. The first kappa shape index (κ1) is 27.4. The number of carbonyl (C=O) groups is 1. The molecule has 0 unspecified atom stereocenters. The molecule has 0 saturated carbocycles. The summed E-state index contributed by atoms with van der Waals surface area (Å²) >= 11 is 0. The number of fused-ring (bicyclic) bond motifs is 1. The molecule has 0 atom stereocenters. The molecule has 3 N–H and O–H groups in total. The Morgan fingerprint density at radius 1 is 0.854 bits per heavy atom. The number of phenolic OH excluding ortho intramolecular Hbond substituents is 1. The number of aromatic hydroxyl groups is 2. The zero-order valence-corrected chi connectivity index (χ0v) is 21.5. The third kappa shape index (κ3) is 4.97. The van der Waals surface area contributed by atoms with Crippen molar-refractivity contribution < 1.29 is 37.7 Å². The molecular formula is C30H21F4N3O4. The molecule has 0 amide bonds. The lowest BCUT2D eigenvalue weighted by molar-refractivity contribution is -0.137. The van der Waals surface area contributed by atoms with Crippen molar-refractivity contribution in [3.05, 3.63) is 101 Å². The molecule has 0 aliphatic heterocycles. The summed E-state index contributed by atoms with van der Waals surface area (Å²) in [7, 11) is 0. The van der Waals surface area contributed by atoms with Gasteiger partial charge in [-0.1, -0.05) is 24.3 Å². The molecule has 0 saturated heterocycles. The minimum atomic E-state index is -4.63. The molecule has 5 rings (SSSR count). The number of rotatable bonds is 5. The fourth-order valence-electron chi connectivity index (χ4n) is 4.46. The third-order valence-electron chi connectivity index (χ3n) is 6.77. The van der Waals surface area contributed by atoms with E-state index in [1.807, 2.05) is 13.8 Å². The average Bonchev–Trinajstić information content (AvgIpc) is 3.19. The van der Waals surface area contributed by atoms with Gasteiger partial charge in [0.15, 0.2) is 11.4 Å². The molecule has 11 heteroatoms. The van der Waals surface area contributed by atoms with Crippen LogP contribution in [-0.2, 0) is 6.18 Å². The van der Waals surface area contributed by atoms with Gasteiger partial charge < -0.3 is 15.3 Å². The Bertz CT molecular complexity index is 1880. The van der Waals surface area contributed by atoms with Crippen LogP contribution in [0.2, 0.25) is 0 Å². The first-order valence-corrected chi connectivity index (χ1v) is 12.2. The molecule has 0 aliphatic carbocycles. The van der Waals surface area contributed by atoms with Crippen molar-refractivity contribution in [3.63, 3.8) is 0 Å². The number of alkyl halides is 3. The summed E-state index contributed by atoms with van der Waals surface area (Å²) in [6.07, 6.45) is -4.63. The number of para-hydroxylation sites is 1. The Morgan fingerprint density at radius 2 is 1.61 bits per heavy atom. The average molecular weight is 564 g/mol. The number of phenols is 1. The van der Waals surface area contributed by atoms with Crippen LogP contribution in [0.1, 0.15) is 27.0 Å². The topological polar surface area (TPSA) is 107 Å². The van der Waals surface area contributed by atoms with Gasteiger partial charge in [-0.05, 0) is 73.5 Å². The first-order chi connectivity index (χ1) is 19.4. The third-order valence-corrected chi connectivity index (χ3v) is 6.77. The molecule has 7 nitrogen and oxygen atoms in total. The molecule has 208 valence electrons. The number of hydrogen-bond acceptors (Lipinski definition) is 5. The van der Waals surface area contributed by atoms with Gasteiger partial charge in [-0.2, -0.15) is 13.2 Å². The highest BCUT2D eigenvalue weighted by molar-refractivity contribution is 5.97. The van der Waals surface area contributed by atoms with Gasteiger partial charge >= 0.3 is 12.1 Å². The largest absolute Gasteiger partial charge is 0.505 e. The Kier molecular flexibility index (Phi) is 6.74. The van der Waals surface area contributed by atoms with Gasteiger partial charge in [-0.15, -0.1) is 10.2 Å². The maximum atomic E-state index is 14.7. The molecule has 1 heterocycles. The van der Waals surface area contributed by atoms with Crippen molar-refractivity contribution in [3.8, 4) is 28.4 Å². The summed E-state index contributed by atoms with van der Waals surface area (Å²) in [4.78, 5) is 11.1. The van der Waals surface area contributed by atoms with Crippen LogP contribution in [-0.4, -0.2) is 25.9 Å². The van der Waals surface area contributed by atoms with Crippen molar-refractivity contribution in [2.75, 3.05) is 0 Å². The van der Waals surface area contributed by atoms with Crippen molar-refractivity contribution in [1.82, 2.24) is 4.57 Å². The van der Waals surface area contributed by atoms with Crippen molar-refractivity contribution >= 4 is 28.2 Å². The molecule has 0 spiro atoms. The van der Waals surface area contributed by atoms with E-state index in [1.165, 1.54) is 41.0 Å². The minimum Gasteiger partial charge on any atom is -0.505 e. The summed E-state index contributed by atoms with van der Waals surface area (Å²) in [6, 6.07) is 15.5. The highest BCUT2D eigenvalue weighted by Crippen LogP contribution is 2.45. The molecule has 1 aromatic heterocycles. The van der Waals surface area contributed by atoms with E-state index in [9.17, 15) is 32.6 Å². The number of aromatic nitrogens is 1. The molecule has 0 aliphatic rings. The second-order valence-electron chi connectivity index (χ2n) is 9.38. The monoisotopic (exact) mass is 563 g/mol. The van der Waals surface area contributed by atoms with Crippen molar-refractivity contribution in [1.29, 1.82) is 0 Å². The summed E-state index contributed by atoms with van der Waals surface area (Å²) in [5, 5.41) is 39.4. The van der Waals surface area contributed by atoms with Crippen LogP contribution in [0.3, 0.4) is 0 Å². The number of carboxylic acids is 1. The van der Waals surface area contributed by atoms with E-state index >= 15 is 0 Å². The van der Waals surface area contributed by atoms with Crippen LogP contribution in [0.15, 0.2) is 83.0 Å². The van der Waals surface area contributed by atoms with Gasteiger partial charge in [0.1, 0.15) is 11.5 Å². The number of aromatic carboxylic acids is 1. The maximum absolute atomic E-state index is 14.7. The molecule has 0 bridgehead atoms. The zero-order chi connectivity index (χ0) is 29.6. The fraction of sp³-hybridized carbons (Fsp3) is 0.100. The number of aryl methyl sites for hydroxylation is 2. The van der Waals surface area contributed by atoms with E-state index in [-0.39, 0.29) is 39.0 Å². The Balaban J connectivity index is 1.65. The van der Waals surface area contributed by atoms with Crippen molar-refractivity contribution in [2.24, 2.45) is 10.2 Å². The van der Waals surface area contributed by atoms with E-state index in [0.717, 1.165) is 29.3 Å². The number of benzene rings is 4. The smallest absolute Gasteiger partial charge is 0.416 e. The second-order valence-corrected chi connectivity index (χ2v) is 9.38. The van der Waals surface area contributed by atoms with Gasteiger partial charge in [-0.3, -0.25) is 4.57 Å². The number of halogens is 4. The zero-order valence-electron chi connectivity index (χ0n) is 21.5. The Hall–Kier alpha value is -5.19. The number of nitrogens with zero attached hydrogens (tertiary/aromatic N) is 3. The van der Waals surface area contributed by atoms with E-state index in [2.05, 4.69) is 10.2 Å². The lowest BCUT2D eigenvalue weighted by Gasteiger charge is -2.11.